The van der Waals surface area contributed by atoms with Crippen LogP contribution in [-0.2, 0) is 9.53 Å². The van der Waals surface area contributed by atoms with Gasteiger partial charge in [0.05, 0.1) is 34.9 Å². The lowest BCUT2D eigenvalue weighted by molar-refractivity contribution is -0.147. The molecule has 2 rings (SSSR count). The van der Waals surface area contributed by atoms with Crippen LogP contribution in [-0.4, -0.2) is 33.9 Å². The molecule has 0 spiro atoms. The molecule has 1 heterocycles. The smallest absolute Gasteiger partial charge is 0.308 e. The lowest BCUT2D eigenvalue weighted by atomic mass is 10.0. The second kappa shape index (κ2) is 6.10. The molecule has 0 aliphatic rings. The highest BCUT2D eigenvalue weighted by Crippen LogP contribution is 2.25. The minimum atomic E-state index is -1.19. The molecule has 6 heteroatoms. The number of aromatic nitrogens is 1. The number of fused-ring (bicyclic) bond motifs is 1. The Hall–Kier alpha value is -1.50. The van der Waals surface area contributed by atoms with Crippen molar-refractivity contribution in [3.8, 4) is 0 Å². The molecule has 2 N–H and O–H groups in total. The summed E-state index contributed by atoms with van der Waals surface area (Å²) in [5.41, 5.74) is 3.02. The molecule has 0 bridgehead atoms. The summed E-state index contributed by atoms with van der Waals surface area (Å²) in [6.07, 6.45) is -2.55. The van der Waals surface area contributed by atoms with E-state index in [-0.39, 0.29) is 13.0 Å². The fourth-order valence-corrected chi connectivity index (χ4v) is 2.44. The Morgan fingerprint density at radius 3 is 3.00 bits per heavy atom. The van der Waals surface area contributed by atoms with Crippen LogP contribution in [0.3, 0.4) is 0 Å². The van der Waals surface area contributed by atoms with Gasteiger partial charge in [-0.15, -0.1) is 11.3 Å². The van der Waals surface area contributed by atoms with Crippen molar-refractivity contribution < 1.29 is 19.7 Å². The number of thiazole rings is 1. The van der Waals surface area contributed by atoms with Crippen molar-refractivity contribution in [3.05, 3.63) is 29.3 Å². The van der Waals surface area contributed by atoms with E-state index in [1.165, 1.54) is 11.3 Å². The van der Waals surface area contributed by atoms with Crippen LogP contribution in [0.5, 0.6) is 0 Å². The Bertz CT molecular complexity index is 569. The lowest BCUT2D eigenvalue weighted by Gasteiger charge is -2.17. The SMILES string of the molecule is CCOC(=O)CC(O)C(O)c1ccc2scnc2c1. The van der Waals surface area contributed by atoms with Gasteiger partial charge in [0.2, 0.25) is 0 Å². The van der Waals surface area contributed by atoms with Crippen LogP contribution in [0.1, 0.15) is 25.0 Å². The van der Waals surface area contributed by atoms with E-state index in [2.05, 4.69) is 4.98 Å². The van der Waals surface area contributed by atoms with E-state index >= 15 is 0 Å². The van der Waals surface area contributed by atoms with E-state index in [9.17, 15) is 15.0 Å². The van der Waals surface area contributed by atoms with Crippen LogP contribution < -0.4 is 0 Å². The first-order chi connectivity index (χ1) is 9.11. The number of rotatable bonds is 5. The van der Waals surface area contributed by atoms with Crippen molar-refractivity contribution in [2.75, 3.05) is 6.61 Å². The van der Waals surface area contributed by atoms with Gasteiger partial charge in [-0.3, -0.25) is 4.79 Å². The van der Waals surface area contributed by atoms with Crippen molar-refractivity contribution >= 4 is 27.5 Å². The highest BCUT2D eigenvalue weighted by molar-refractivity contribution is 7.16. The Kier molecular flexibility index (Phi) is 4.47. The van der Waals surface area contributed by atoms with Crippen molar-refractivity contribution in [1.82, 2.24) is 4.98 Å². The number of benzene rings is 1. The molecule has 2 unspecified atom stereocenters. The second-order valence-corrected chi connectivity index (χ2v) is 4.99. The summed E-state index contributed by atoms with van der Waals surface area (Å²) < 4.78 is 5.75. The molecule has 0 saturated heterocycles. The Morgan fingerprint density at radius 2 is 2.26 bits per heavy atom. The van der Waals surface area contributed by atoms with Crippen molar-refractivity contribution in [2.45, 2.75) is 25.6 Å². The largest absolute Gasteiger partial charge is 0.466 e. The van der Waals surface area contributed by atoms with Gasteiger partial charge in [0.1, 0.15) is 6.10 Å². The number of esters is 1. The van der Waals surface area contributed by atoms with E-state index in [0.717, 1.165) is 10.2 Å². The molecule has 0 radical (unpaired) electrons. The number of ether oxygens (including phenoxy) is 1. The number of nitrogens with zero attached hydrogens (tertiary/aromatic N) is 1. The first-order valence-corrected chi connectivity index (χ1v) is 6.84. The van der Waals surface area contributed by atoms with Crippen molar-refractivity contribution in [2.24, 2.45) is 0 Å². The van der Waals surface area contributed by atoms with E-state index in [1.54, 1.807) is 24.6 Å². The third-order valence-corrected chi connectivity index (χ3v) is 3.55. The van der Waals surface area contributed by atoms with Gasteiger partial charge in [0.15, 0.2) is 0 Å². The average molecular weight is 281 g/mol. The van der Waals surface area contributed by atoms with Crippen LogP contribution in [0.4, 0.5) is 0 Å². The van der Waals surface area contributed by atoms with Crippen LogP contribution in [0, 0.1) is 0 Å². The van der Waals surface area contributed by atoms with Gasteiger partial charge in [-0.05, 0) is 24.6 Å². The zero-order chi connectivity index (χ0) is 13.8. The number of carbonyl (C=O) groups excluding carboxylic acids is 1. The molecule has 2 aromatic rings. The number of hydrogen-bond donors (Lipinski definition) is 2. The van der Waals surface area contributed by atoms with Crippen LogP contribution in [0.15, 0.2) is 23.7 Å². The minimum absolute atomic E-state index is 0.232. The first-order valence-electron chi connectivity index (χ1n) is 5.96. The fourth-order valence-electron chi connectivity index (χ4n) is 1.78. The van der Waals surface area contributed by atoms with Crippen molar-refractivity contribution in [1.29, 1.82) is 0 Å². The Labute approximate surface area is 114 Å². The van der Waals surface area contributed by atoms with Gasteiger partial charge in [0, 0.05) is 0 Å². The van der Waals surface area contributed by atoms with Gasteiger partial charge >= 0.3 is 5.97 Å². The summed E-state index contributed by atoms with van der Waals surface area (Å²) in [5, 5.41) is 19.8. The van der Waals surface area contributed by atoms with Gasteiger partial charge < -0.3 is 14.9 Å². The maximum Gasteiger partial charge on any atom is 0.308 e. The predicted octanol–water partition coefficient (Wildman–Crippen LogP) is 1.64. The first kappa shape index (κ1) is 13.9. The molecular formula is C13H15NO4S. The summed E-state index contributed by atoms with van der Waals surface area (Å²) in [7, 11) is 0. The topological polar surface area (TPSA) is 79.7 Å². The quantitative estimate of drug-likeness (QED) is 0.814. The normalized spacial score (nSPS) is 14.3. The summed E-state index contributed by atoms with van der Waals surface area (Å²) in [6.45, 7) is 1.95. The maximum absolute atomic E-state index is 11.3. The fraction of sp³-hybridized carbons (Fsp3) is 0.385. The van der Waals surface area contributed by atoms with Crippen LogP contribution in [0.2, 0.25) is 0 Å². The number of hydrogen-bond acceptors (Lipinski definition) is 6. The molecule has 5 nitrogen and oxygen atoms in total. The standard InChI is InChI=1S/C13H15NO4S/c1-2-18-12(16)6-10(15)13(17)8-3-4-11-9(5-8)14-7-19-11/h3-5,7,10,13,15,17H,2,6H2,1H3. The number of aliphatic hydroxyl groups excluding tert-OH is 2. The van der Waals surface area contributed by atoms with Crippen molar-refractivity contribution in [3.63, 3.8) is 0 Å². The molecule has 1 aromatic heterocycles. The molecule has 0 aliphatic carbocycles. The highest BCUT2D eigenvalue weighted by Gasteiger charge is 2.22. The predicted molar refractivity (Wildman–Crippen MR) is 71.8 cm³/mol. The Balaban J connectivity index is 2.09. The molecule has 2 atom stereocenters. The molecular weight excluding hydrogens is 266 g/mol. The number of aliphatic hydroxyl groups is 2. The zero-order valence-corrected chi connectivity index (χ0v) is 11.3. The lowest BCUT2D eigenvalue weighted by Crippen LogP contribution is -2.23. The molecule has 0 amide bonds. The molecule has 0 fully saturated rings. The summed E-state index contributed by atoms with van der Waals surface area (Å²) in [4.78, 5) is 15.4. The highest BCUT2D eigenvalue weighted by atomic mass is 32.1. The van der Waals surface area contributed by atoms with Gasteiger partial charge in [-0.2, -0.15) is 0 Å². The van der Waals surface area contributed by atoms with Gasteiger partial charge in [0.25, 0.3) is 0 Å². The van der Waals surface area contributed by atoms with E-state index in [1.807, 2.05) is 6.07 Å². The molecule has 19 heavy (non-hydrogen) atoms. The monoisotopic (exact) mass is 281 g/mol. The van der Waals surface area contributed by atoms with E-state index in [0.29, 0.717) is 5.56 Å². The summed E-state index contributed by atoms with van der Waals surface area (Å²) in [6, 6.07) is 5.27. The average Bonchev–Trinajstić information content (AvgIpc) is 2.85. The number of carbonyl (C=O) groups is 1. The van der Waals surface area contributed by atoms with Gasteiger partial charge in [-0.25, -0.2) is 4.98 Å². The third-order valence-electron chi connectivity index (χ3n) is 2.74. The Morgan fingerprint density at radius 1 is 1.47 bits per heavy atom. The minimum Gasteiger partial charge on any atom is -0.466 e. The van der Waals surface area contributed by atoms with E-state index in [4.69, 9.17) is 4.74 Å². The second-order valence-electron chi connectivity index (χ2n) is 4.10. The molecule has 1 aromatic carbocycles. The summed E-state index contributed by atoms with van der Waals surface area (Å²) in [5.74, 6) is -0.524. The molecule has 102 valence electrons. The third kappa shape index (κ3) is 3.28. The molecule has 0 saturated carbocycles. The van der Waals surface area contributed by atoms with Gasteiger partial charge in [-0.1, -0.05) is 6.07 Å². The van der Waals surface area contributed by atoms with E-state index < -0.39 is 18.2 Å². The van der Waals surface area contributed by atoms with Crippen LogP contribution >= 0.6 is 11.3 Å². The maximum atomic E-state index is 11.3. The zero-order valence-electron chi connectivity index (χ0n) is 10.4. The van der Waals surface area contributed by atoms with Crippen LogP contribution in [0.25, 0.3) is 10.2 Å². The summed E-state index contributed by atoms with van der Waals surface area (Å²) >= 11 is 1.50. The molecule has 0 aliphatic heterocycles.